The standard InChI is InChI=1S/C8H10O4/c9-5-3-1-2-4-7(11-4)6(3)12-8(5)10/h3-7,9H,1-2H2/t3-,4-,5-,6+,7-/m0/s1. The van der Waals surface area contributed by atoms with Crippen LogP contribution in [0, 0.1) is 5.92 Å². The van der Waals surface area contributed by atoms with Crippen molar-refractivity contribution in [1.29, 1.82) is 0 Å². The number of carbonyl (C=O) groups is 1. The van der Waals surface area contributed by atoms with E-state index in [1.54, 1.807) is 0 Å². The molecule has 0 aromatic rings. The minimum atomic E-state index is -0.903. The van der Waals surface area contributed by atoms with Crippen LogP contribution in [0.15, 0.2) is 0 Å². The largest absolute Gasteiger partial charge is 0.457 e. The van der Waals surface area contributed by atoms with Crippen LogP contribution >= 0.6 is 0 Å². The van der Waals surface area contributed by atoms with E-state index in [-0.39, 0.29) is 18.1 Å². The summed E-state index contributed by atoms with van der Waals surface area (Å²) >= 11 is 0. The Bertz CT molecular complexity index is 239. The van der Waals surface area contributed by atoms with E-state index in [0.717, 1.165) is 12.8 Å². The van der Waals surface area contributed by atoms with Crippen LogP contribution in [0.5, 0.6) is 0 Å². The molecule has 3 aliphatic rings. The van der Waals surface area contributed by atoms with E-state index in [4.69, 9.17) is 9.47 Å². The molecule has 4 heteroatoms. The lowest BCUT2D eigenvalue weighted by atomic mass is 9.85. The van der Waals surface area contributed by atoms with E-state index in [1.165, 1.54) is 0 Å². The Morgan fingerprint density at radius 2 is 2.17 bits per heavy atom. The molecule has 2 heterocycles. The molecule has 66 valence electrons. The Kier molecular flexibility index (Phi) is 1.14. The van der Waals surface area contributed by atoms with Gasteiger partial charge in [-0.2, -0.15) is 0 Å². The molecular weight excluding hydrogens is 160 g/mol. The van der Waals surface area contributed by atoms with Gasteiger partial charge in [0.15, 0.2) is 6.10 Å². The summed E-state index contributed by atoms with van der Waals surface area (Å²) in [5.74, 6) is -0.484. The molecule has 3 rings (SSSR count). The molecule has 4 nitrogen and oxygen atoms in total. The minimum absolute atomic E-state index is 0.0127. The molecule has 0 unspecified atom stereocenters. The van der Waals surface area contributed by atoms with Crippen molar-refractivity contribution in [3.05, 3.63) is 0 Å². The zero-order valence-electron chi connectivity index (χ0n) is 6.47. The fourth-order valence-electron chi connectivity index (χ4n) is 2.31. The summed E-state index contributed by atoms with van der Waals surface area (Å²) in [7, 11) is 0. The van der Waals surface area contributed by atoms with Gasteiger partial charge in [0.2, 0.25) is 0 Å². The Morgan fingerprint density at radius 1 is 1.33 bits per heavy atom. The van der Waals surface area contributed by atoms with Crippen LogP contribution in [0.2, 0.25) is 0 Å². The predicted molar refractivity (Wildman–Crippen MR) is 37.3 cm³/mol. The highest BCUT2D eigenvalue weighted by molar-refractivity contribution is 5.77. The third-order valence-corrected chi connectivity index (χ3v) is 3.05. The quantitative estimate of drug-likeness (QED) is 0.391. The van der Waals surface area contributed by atoms with Gasteiger partial charge in [0.25, 0.3) is 0 Å². The van der Waals surface area contributed by atoms with Crippen LogP contribution < -0.4 is 0 Å². The molecule has 0 aromatic heterocycles. The van der Waals surface area contributed by atoms with Crippen molar-refractivity contribution in [2.24, 2.45) is 5.92 Å². The lowest BCUT2D eigenvalue weighted by Crippen LogP contribution is -2.33. The third-order valence-electron chi connectivity index (χ3n) is 3.05. The molecule has 5 atom stereocenters. The SMILES string of the molecule is O=C1O[C@@H]2[C@@H](CC[C@@H]3O[C@H]23)[C@@H]1O. The van der Waals surface area contributed by atoms with Gasteiger partial charge in [-0.3, -0.25) is 0 Å². The van der Waals surface area contributed by atoms with Crippen molar-refractivity contribution in [1.82, 2.24) is 0 Å². The van der Waals surface area contributed by atoms with Crippen LogP contribution in [-0.4, -0.2) is 35.5 Å². The average molecular weight is 170 g/mol. The van der Waals surface area contributed by atoms with Crippen LogP contribution in [0.1, 0.15) is 12.8 Å². The van der Waals surface area contributed by atoms with E-state index in [2.05, 4.69) is 0 Å². The highest BCUT2D eigenvalue weighted by Crippen LogP contribution is 2.45. The number of aliphatic hydroxyl groups is 1. The summed E-state index contributed by atoms with van der Waals surface area (Å²) in [6.07, 6.45) is 1.12. The normalized spacial score (nSPS) is 55.8. The number of hydrogen-bond acceptors (Lipinski definition) is 4. The average Bonchev–Trinajstić information content (AvgIpc) is 2.77. The Morgan fingerprint density at radius 3 is 3.00 bits per heavy atom. The van der Waals surface area contributed by atoms with Gasteiger partial charge in [-0.15, -0.1) is 0 Å². The molecule has 1 saturated carbocycles. The summed E-state index contributed by atoms with van der Waals surface area (Å²) in [6.45, 7) is 0. The third kappa shape index (κ3) is 0.716. The summed E-state index contributed by atoms with van der Waals surface area (Å²) < 4.78 is 10.3. The van der Waals surface area contributed by atoms with E-state index >= 15 is 0 Å². The zero-order chi connectivity index (χ0) is 8.29. The van der Waals surface area contributed by atoms with Crippen LogP contribution in [0.4, 0.5) is 0 Å². The first-order valence-electron chi connectivity index (χ1n) is 4.31. The van der Waals surface area contributed by atoms with E-state index < -0.39 is 12.1 Å². The number of aliphatic hydroxyl groups excluding tert-OH is 1. The minimum Gasteiger partial charge on any atom is -0.457 e. The van der Waals surface area contributed by atoms with Crippen molar-refractivity contribution in [3.63, 3.8) is 0 Å². The molecule has 2 aliphatic heterocycles. The Labute approximate surface area is 69.5 Å². The van der Waals surface area contributed by atoms with Crippen LogP contribution in [0.3, 0.4) is 0 Å². The molecule has 0 bridgehead atoms. The smallest absolute Gasteiger partial charge is 0.335 e. The second kappa shape index (κ2) is 2.00. The lowest BCUT2D eigenvalue weighted by molar-refractivity contribution is -0.147. The van der Waals surface area contributed by atoms with Gasteiger partial charge in [0, 0.05) is 5.92 Å². The number of hydrogen-bond donors (Lipinski definition) is 1. The van der Waals surface area contributed by atoms with Gasteiger partial charge in [-0.1, -0.05) is 0 Å². The van der Waals surface area contributed by atoms with E-state index in [0.29, 0.717) is 6.10 Å². The van der Waals surface area contributed by atoms with E-state index in [9.17, 15) is 9.90 Å². The van der Waals surface area contributed by atoms with Gasteiger partial charge in [-0.25, -0.2) is 4.79 Å². The second-order valence-electron chi connectivity index (χ2n) is 3.73. The first-order valence-corrected chi connectivity index (χ1v) is 4.31. The fraction of sp³-hybridized carbons (Fsp3) is 0.875. The zero-order valence-corrected chi connectivity index (χ0v) is 6.47. The summed E-state index contributed by atoms with van der Waals surface area (Å²) in [4.78, 5) is 11.0. The van der Waals surface area contributed by atoms with Crippen molar-refractivity contribution in [2.75, 3.05) is 0 Å². The molecule has 1 N–H and O–H groups in total. The molecule has 12 heavy (non-hydrogen) atoms. The van der Waals surface area contributed by atoms with Gasteiger partial charge in [-0.05, 0) is 12.8 Å². The highest BCUT2D eigenvalue weighted by atomic mass is 16.6. The van der Waals surface area contributed by atoms with Crippen molar-refractivity contribution in [3.8, 4) is 0 Å². The maximum absolute atomic E-state index is 11.0. The fourth-order valence-corrected chi connectivity index (χ4v) is 2.31. The maximum Gasteiger partial charge on any atom is 0.335 e. The van der Waals surface area contributed by atoms with Gasteiger partial charge in [0.05, 0.1) is 6.10 Å². The second-order valence-corrected chi connectivity index (χ2v) is 3.73. The van der Waals surface area contributed by atoms with E-state index in [1.807, 2.05) is 0 Å². The summed E-state index contributed by atoms with van der Waals surface area (Å²) in [5, 5.41) is 9.40. The van der Waals surface area contributed by atoms with Crippen molar-refractivity contribution >= 4 is 5.97 Å². The molecule has 1 aliphatic carbocycles. The first-order chi connectivity index (χ1) is 5.77. The number of esters is 1. The number of fused-ring (bicyclic) bond motifs is 3. The summed E-state index contributed by atoms with van der Waals surface area (Å²) in [6, 6.07) is 0. The predicted octanol–water partition coefficient (Wildman–Crippen LogP) is -0.550. The van der Waals surface area contributed by atoms with Gasteiger partial charge in [0.1, 0.15) is 12.2 Å². The van der Waals surface area contributed by atoms with Crippen LogP contribution in [0.25, 0.3) is 0 Å². The number of ether oxygens (including phenoxy) is 2. The lowest BCUT2D eigenvalue weighted by Gasteiger charge is -2.19. The number of rotatable bonds is 0. The van der Waals surface area contributed by atoms with Gasteiger partial charge < -0.3 is 14.6 Å². The maximum atomic E-state index is 11.0. The number of carbonyl (C=O) groups excluding carboxylic acids is 1. The Balaban J connectivity index is 1.87. The highest BCUT2D eigenvalue weighted by Gasteiger charge is 2.59. The monoisotopic (exact) mass is 170 g/mol. The molecule has 3 fully saturated rings. The summed E-state index contributed by atoms with van der Waals surface area (Å²) in [5.41, 5.74) is 0. The number of epoxide rings is 1. The molecule has 0 amide bonds. The Hall–Kier alpha value is -0.610. The molecular formula is C8H10O4. The topological polar surface area (TPSA) is 59.1 Å². The first kappa shape index (κ1) is 6.86. The van der Waals surface area contributed by atoms with Crippen molar-refractivity contribution < 1.29 is 19.4 Å². The van der Waals surface area contributed by atoms with Crippen molar-refractivity contribution in [2.45, 2.75) is 37.3 Å². The van der Waals surface area contributed by atoms with Crippen LogP contribution in [-0.2, 0) is 14.3 Å². The van der Waals surface area contributed by atoms with Gasteiger partial charge >= 0.3 is 5.97 Å². The molecule has 0 spiro atoms. The molecule has 2 saturated heterocycles. The molecule has 0 aromatic carbocycles. The molecule has 0 radical (unpaired) electrons.